The van der Waals surface area contributed by atoms with Crippen molar-refractivity contribution in [2.24, 2.45) is 0 Å². The second-order valence-electron chi connectivity index (χ2n) is 8.55. The van der Waals surface area contributed by atoms with Gasteiger partial charge in [-0.25, -0.2) is 4.68 Å². The van der Waals surface area contributed by atoms with Crippen molar-refractivity contribution in [1.82, 2.24) is 14.7 Å². The highest BCUT2D eigenvalue weighted by Gasteiger charge is 2.23. The number of halogens is 3. The average molecular weight is 508 g/mol. The molecule has 1 heterocycles. The van der Waals surface area contributed by atoms with E-state index in [0.717, 1.165) is 5.69 Å². The third kappa shape index (κ3) is 6.08. The first-order valence-electron chi connectivity index (χ1n) is 10.4. The van der Waals surface area contributed by atoms with E-state index in [1.54, 1.807) is 47.1 Å². The van der Waals surface area contributed by atoms with Gasteiger partial charge in [0, 0.05) is 28.6 Å². The summed E-state index contributed by atoms with van der Waals surface area (Å²) in [7, 11) is 0. The molecule has 0 spiro atoms. The summed E-state index contributed by atoms with van der Waals surface area (Å²) in [6.45, 7) is 8.17. The van der Waals surface area contributed by atoms with E-state index >= 15 is 0 Å². The van der Waals surface area contributed by atoms with E-state index in [2.05, 4.69) is 10.4 Å². The maximum atomic E-state index is 12.9. The Hall–Kier alpha value is -2.54. The van der Waals surface area contributed by atoms with Crippen LogP contribution in [0.15, 0.2) is 48.5 Å². The molecule has 3 rings (SSSR count). The Morgan fingerprint density at radius 3 is 2.24 bits per heavy atom. The van der Waals surface area contributed by atoms with Crippen LogP contribution in [0.3, 0.4) is 0 Å². The molecule has 2 aromatic carbocycles. The molecule has 0 aliphatic carbocycles. The Bertz CT molecular complexity index is 1170. The van der Waals surface area contributed by atoms with Crippen LogP contribution < -0.4 is 5.32 Å². The van der Waals surface area contributed by atoms with E-state index in [4.69, 9.17) is 34.8 Å². The third-order valence-electron chi connectivity index (χ3n) is 4.99. The lowest BCUT2D eigenvalue weighted by Crippen LogP contribution is -2.38. The van der Waals surface area contributed by atoms with Gasteiger partial charge in [0.1, 0.15) is 12.4 Å². The molecule has 0 radical (unpaired) electrons. The van der Waals surface area contributed by atoms with Gasteiger partial charge in [0.25, 0.3) is 5.91 Å². The van der Waals surface area contributed by atoms with E-state index in [1.165, 1.54) is 4.90 Å². The highest BCUT2D eigenvalue weighted by molar-refractivity contribution is 6.42. The van der Waals surface area contributed by atoms with Crippen LogP contribution in [-0.4, -0.2) is 39.6 Å². The Balaban J connectivity index is 1.85. The maximum absolute atomic E-state index is 12.9. The number of rotatable bonds is 6. The van der Waals surface area contributed by atoms with Gasteiger partial charge in [-0.15, -0.1) is 0 Å². The second-order valence-corrected chi connectivity index (χ2v) is 9.80. The quantitative estimate of drug-likeness (QED) is 0.430. The maximum Gasteiger partial charge on any atom is 0.254 e. The van der Waals surface area contributed by atoms with Crippen LogP contribution in [0, 0.1) is 0 Å². The molecule has 0 aliphatic rings. The predicted molar refractivity (Wildman–Crippen MR) is 134 cm³/mol. The fourth-order valence-corrected chi connectivity index (χ4v) is 3.53. The standard InChI is InChI=1S/C24H25Cl3N4O2/c1-5-30(23(33)15-6-8-16(25)9-7-15)14-22(32)28-21-13-20(24(2,3)4)29-31(21)17-10-11-18(26)19(27)12-17/h6-13H,5,14H2,1-4H3,(H,28,32). The Morgan fingerprint density at radius 2 is 1.67 bits per heavy atom. The van der Waals surface area contributed by atoms with Gasteiger partial charge in [0.05, 0.1) is 21.4 Å². The minimum atomic E-state index is -0.346. The molecule has 0 saturated carbocycles. The first kappa shape index (κ1) is 25.1. The predicted octanol–water partition coefficient (Wildman–Crippen LogP) is 6.23. The van der Waals surface area contributed by atoms with Crippen molar-refractivity contribution in [3.8, 4) is 5.69 Å². The van der Waals surface area contributed by atoms with Gasteiger partial charge in [0.15, 0.2) is 0 Å². The summed E-state index contributed by atoms with van der Waals surface area (Å²) in [5.74, 6) is -0.128. The average Bonchev–Trinajstić information content (AvgIpc) is 3.18. The van der Waals surface area contributed by atoms with Gasteiger partial charge in [0.2, 0.25) is 5.91 Å². The molecule has 1 N–H and O–H groups in total. The van der Waals surface area contributed by atoms with Crippen molar-refractivity contribution < 1.29 is 9.59 Å². The van der Waals surface area contributed by atoms with Crippen LogP contribution in [0.4, 0.5) is 5.82 Å². The largest absolute Gasteiger partial charge is 0.330 e. The number of carbonyl (C=O) groups is 2. The van der Waals surface area contributed by atoms with Crippen molar-refractivity contribution in [2.45, 2.75) is 33.1 Å². The van der Waals surface area contributed by atoms with Crippen molar-refractivity contribution >= 4 is 52.4 Å². The third-order valence-corrected chi connectivity index (χ3v) is 5.98. The number of carbonyl (C=O) groups excluding carboxylic acids is 2. The number of hydrogen-bond donors (Lipinski definition) is 1. The van der Waals surface area contributed by atoms with Crippen molar-refractivity contribution in [2.75, 3.05) is 18.4 Å². The minimum absolute atomic E-state index is 0.116. The molecular weight excluding hydrogens is 483 g/mol. The highest BCUT2D eigenvalue weighted by Crippen LogP contribution is 2.29. The number of aromatic nitrogens is 2. The van der Waals surface area contributed by atoms with E-state index in [-0.39, 0.29) is 23.8 Å². The Labute approximate surface area is 208 Å². The molecule has 0 unspecified atom stereocenters. The van der Waals surface area contributed by atoms with Crippen molar-refractivity contribution in [3.63, 3.8) is 0 Å². The number of hydrogen-bond acceptors (Lipinski definition) is 3. The highest BCUT2D eigenvalue weighted by atomic mass is 35.5. The fraction of sp³-hybridized carbons (Fsp3) is 0.292. The van der Waals surface area contributed by atoms with Gasteiger partial charge in [-0.05, 0) is 49.4 Å². The summed E-state index contributed by atoms with van der Waals surface area (Å²) in [5.41, 5.74) is 1.65. The normalized spacial score (nSPS) is 11.4. The molecule has 9 heteroatoms. The van der Waals surface area contributed by atoms with E-state index in [9.17, 15) is 9.59 Å². The van der Waals surface area contributed by atoms with Crippen molar-refractivity contribution in [3.05, 3.63) is 74.9 Å². The van der Waals surface area contributed by atoms with Crippen molar-refractivity contribution in [1.29, 1.82) is 0 Å². The molecular formula is C24H25Cl3N4O2. The number of amides is 2. The zero-order chi connectivity index (χ0) is 24.3. The first-order chi connectivity index (χ1) is 15.5. The molecule has 0 aliphatic heterocycles. The van der Waals surface area contributed by atoms with Gasteiger partial charge < -0.3 is 10.2 Å². The van der Waals surface area contributed by atoms with Crippen LogP contribution in [0.2, 0.25) is 15.1 Å². The lowest BCUT2D eigenvalue weighted by atomic mass is 9.92. The first-order valence-corrected chi connectivity index (χ1v) is 11.5. The molecule has 174 valence electrons. The van der Waals surface area contributed by atoms with Gasteiger partial charge in [-0.2, -0.15) is 5.10 Å². The molecule has 2 amide bonds. The topological polar surface area (TPSA) is 67.2 Å². The van der Waals surface area contributed by atoms with Crippen LogP contribution in [-0.2, 0) is 10.2 Å². The Morgan fingerprint density at radius 1 is 1.00 bits per heavy atom. The van der Waals surface area contributed by atoms with E-state index in [1.807, 2.05) is 33.8 Å². The molecule has 6 nitrogen and oxygen atoms in total. The van der Waals surface area contributed by atoms with Gasteiger partial charge in [-0.3, -0.25) is 9.59 Å². The van der Waals surface area contributed by atoms with Gasteiger partial charge in [-0.1, -0.05) is 55.6 Å². The SMILES string of the molecule is CCN(CC(=O)Nc1cc(C(C)(C)C)nn1-c1ccc(Cl)c(Cl)c1)C(=O)c1ccc(Cl)cc1. The number of benzene rings is 2. The Kier molecular flexibility index (Phi) is 7.73. The summed E-state index contributed by atoms with van der Waals surface area (Å²) in [5, 5.41) is 8.90. The number of likely N-dealkylation sites (N-methyl/N-ethyl adjacent to an activating group) is 1. The molecule has 33 heavy (non-hydrogen) atoms. The summed E-state index contributed by atoms with van der Waals surface area (Å²) >= 11 is 18.2. The molecule has 0 bridgehead atoms. The molecule has 1 aromatic heterocycles. The number of anilines is 1. The molecule has 0 fully saturated rings. The van der Waals surface area contributed by atoms with Crippen LogP contribution in [0.1, 0.15) is 43.7 Å². The molecule has 0 atom stereocenters. The molecule has 0 saturated heterocycles. The monoisotopic (exact) mass is 506 g/mol. The van der Waals surface area contributed by atoms with Crippen LogP contribution in [0.5, 0.6) is 0 Å². The minimum Gasteiger partial charge on any atom is -0.330 e. The van der Waals surface area contributed by atoms with Crippen LogP contribution in [0.25, 0.3) is 5.69 Å². The fourth-order valence-electron chi connectivity index (χ4n) is 3.11. The second kappa shape index (κ2) is 10.2. The summed E-state index contributed by atoms with van der Waals surface area (Å²) in [4.78, 5) is 27.2. The lowest BCUT2D eigenvalue weighted by Gasteiger charge is -2.20. The zero-order valence-electron chi connectivity index (χ0n) is 18.8. The summed E-state index contributed by atoms with van der Waals surface area (Å²) in [6, 6.07) is 13.5. The van der Waals surface area contributed by atoms with Crippen LogP contribution >= 0.6 is 34.8 Å². The van der Waals surface area contributed by atoms with Gasteiger partial charge >= 0.3 is 0 Å². The van der Waals surface area contributed by atoms with E-state index in [0.29, 0.717) is 38.7 Å². The van der Waals surface area contributed by atoms with E-state index < -0.39 is 0 Å². The number of nitrogens with zero attached hydrogens (tertiary/aromatic N) is 3. The zero-order valence-corrected chi connectivity index (χ0v) is 21.1. The smallest absolute Gasteiger partial charge is 0.254 e. The summed E-state index contributed by atoms with van der Waals surface area (Å²) < 4.78 is 1.61. The lowest BCUT2D eigenvalue weighted by molar-refractivity contribution is -0.116. The summed E-state index contributed by atoms with van der Waals surface area (Å²) in [6.07, 6.45) is 0. The molecule has 3 aromatic rings. The number of nitrogens with one attached hydrogen (secondary N) is 1.